The molecule has 1 aromatic carbocycles. The summed E-state index contributed by atoms with van der Waals surface area (Å²) in [5.74, 6) is 1.28. The van der Waals surface area contributed by atoms with E-state index in [1.807, 2.05) is 18.2 Å². The predicted octanol–water partition coefficient (Wildman–Crippen LogP) is 1.38. The highest BCUT2D eigenvalue weighted by molar-refractivity contribution is 5.99. The fourth-order valence-corrected chi connectivity index (χ4v) is 3.78. The Hall–Kier alpha value is -3.00. The van der Waals surface area contributed by atoms with Crippen LogP contribution in [-0.2, 0) is 0 Å². The van der Waals surface area contributed by atoms with Crippen LogP contribution in [0.1, 0.15) is 28.3 Å². The van der Waals surface area contributed by atoms with E-state index in [-0.39, 0.29) is 25.2 Å². The summed E-state index contributed by atoms with van der Waals surface area (Å²) in [4.78, 5) is 18.7. The van der Waals surface area contributed by atoms with Crippen LogP contribution in [0.25, 0.3) is 5.65 Å². The van der Waals surface area contributed by atoms with Gasteiger partial charge in [0, 0.05) is 37.6 Å². The van der Waals surface area contributed by atoms with E-state index in [0.29, 0.717) is 29.9 Å². The number of H-pyrrole nitrogens is 1. The highest BCUT2D eigenvalue weighted by atomic mass is 16.7. The van der Waals surface area contributed by atoms with Gasteiger partial charge in [0.15, 0.2) is 17.1 Å². The molecule has 2 aromatic heterocycles. The third-order valence-corrected chi connectivity index (χ3v) is 5.15. The first-order valence-corrected chi connectivity index (χ1v) is 8.58. The standard InChI is InChI=1S/C18H18N4O4/c23-14-9-21(18(24)13-8-20-22-6-4-19-17(13)22)5-3-12(14)11-1-2-15-16(7-11)26-10-25-15/h1-2,4,6-8,12,14,20,23H,3,5,9-10H2/t12-,14+/m0/s1. The minimum atomic E-state index is -0.636. The average Bonchev–Trinajstić information content (AvgIpc) is 3.36. The number of piperidine rings is 1. The molecule has 26 heavy (non-hydrogen) atoms. The Bertz CT molecular complexity index is 979. The molecule has 1 amide bonds. The van der Waals surface area contributed by atoms with Gasteiger partial charge < -0.3 is 19.5 Å². The van der Waals surface area contributed by atoms with Crippen LogP contribution in [0.5, 0.6) is 11.5 Å². The van der Waals surface area contributed by atoms with Gasteiger partial charge in [-0.2, -0.15) is 0 Å². The molecular weight excluding hydrogens is 336 g/mol. The molecule has 0 bridgehead atoms. The number of aromatic nitrogens is 3. The van der Waals surface area contributed by atoms with Gasteiger partial charge in [-0.1, -0.05) is 6.07 Å². The molecule has 8 nitrogen and oxygen atoms in total. The minimum Gasteiger partial charge on any atom is -0.454 e. The van der Waals surface area contributed by atoms with E-state index in [2.05, 4.69) is 10.1 Å². The molecule has 0 saturated carbocycles. The highest BCUT2D eigenvalue weighted by Gasteiger charge is 2.33. The maximum atomic E-state index is 12.8. The number of carbonyl (C=O) groups is 1. The van der Waals surface area contributed by atoms with E-state index in [1.54, 1.807) is 28.0 Å². The summed E-state index contributed by atoms with van der Waals surface area (Å²) in [6.45, 7) is 1.09. The summed E-state index contributed by atoms with van der Waals surface area (Å²) < 4.78 is 12.5. The molecule has 0 radical (unpaired) electrons. The van der Waals surface area contributed by atoms with Crippen LogP contribution in [0.3, 0.4) is 0 Å². The van der Waals surface area contributed by atoms with Crippen molar-refractivity contribution in [2.75, 3.05) is 19.9 Å². The van der Waals surface area contributed by atoms with E-state index >= 15 is 0 Å². The number of aromatic amines is 1. The van der Waals surface area contributed by atoms with Crippen molar-refractivity contribution in [2.24, 2.45) is 0 Å². The lowest BCUT2D eigenvalue weighted by atomic mass is 9.86. The predicted molar refractivity (Wildman–Crippen MR) is 91.4 cm³/mol. The van der Waals surface area contributed by atoms with Crippen molar-refractivity contribution in [1.82, 2.24) is 19.5 Å². The molecule has 134 valence electrons. The van der Waals surface area contributed by atoms with Crippen LogP contribution in [0.2, 0.25) is 0 Å². The summed E-state index contributed by atoms with van der Waals surface area (Å²) in [5.41, 5.74) is 2.12. The van der Waals surface area contributed by atoms with Crippen LogP contribution in [0.15, 0.2) is 36.8 Å². The second kappa shape index (κ2) is 5.77. The van der Waals surface area contributed by atoms with Gasteiger partial charge in [-0.15, -0.1) is 0 Å². The molecule has 0 aliphatic carbocycles. The number of hydrogen-bond acceptors (Lipinski definition) is 5. The summed E-state index contributed by atoms with van der Waals surface area (Å²) in [7, 11) is 0. The Labute approximate surface area is 148 Å². The summed E-state index contributed by atoms with van der Waals surface area (Å²) in [5, 5.41) is 13.6. The van der Waals surface area contributed by atoms with Gasteiger partial charge in [0.2, 0.25) is 6.79 Å². The zero-order valence-corrected chi connectivity index (χ0v) is 14.0. The number of β-amino-alcohol motifs (C(OH)–C–C–N with tert-alkyl or cyclic N) is 1. The second-order valence-corrected chi connectivity index (χ2v) is 6.63. The molecule has 5 rings (SSSR count). The van der Waals surface area contributed by atoms with Gasteiger partial charge >= 0.3 is 0 Å². The number of carbonyl (C=O) groups excluding carboxylic acids is 1. The number of nitrogens with zero attached hydrogens (tertiary/aromatic N) is 3. The highest BCUT2D eigenvalue weighted by Crippen LogP contribution is 2.37. The lowest BCUT2D eigenvalue weighted by Crippen LogP contribution is -2.45. The van der Waals surface area contributed by atoms with Gasteiger partial charge in [0.1, 0.15) is 5.56 Å². The second-order valence-electron chi connectivity index (χ2n) is 6.63. The first-order valence-electron chi connectivity index (χ1n) is 8.58. The van der Waals surface area contributed by atoms with Crippen molar-refractivity contribution >= 4 is 11.6 Å². The van der Waals surface area contributed by atoms with Crippen molar-refractivity contribution in [2.45, 2.75) is 18.4 Å². The summed E-state index contributed by atoms with van der Waals surface area (Å²) >= 11 is 0. The summed E-state index contributed by atoms with van der Waals surface area (Å²) in [6, 6.07) is 5.75. The fraction of sp³-hybridized carbons (Fsp3) is 0.333. The molecule has 2 aliphatic rings. The number of amides is 1. The van der Waals surface area contributed by atoms with E-state index in [4.69, 9.17) is 9.47 Å². The summed E-state index contributed by atoms with van der Waals surface area (Å²) in [6.07, 6.45) is 5.10. The molecule has 2 N–H and O–H groups in total. The number of nitrogens with one attached hydrogen (secondary N) is 1. The van der Waals surface area contributed by atoms with Crippen LogP contribution in [0.4, 0.5) is 0 Å². The van der Waals surface area contributed by atoms with Crippen molar-refractivity contribution < 1.29 is 19.4 Å². The Morgan fingerprint density at radius 2 is 2.19 bits per heavy atom. The first kappa shape index (κ1) is 15.3. The zero-order valence-electron chi connectivity index (χ0n) is 14.0. The molecule has 2 atom stereocenters. The number of rotatable bonds is 2. The number of benzene rings is 1. The third kappa shape index (κ3) is 2.33. The minimum absolute atomic E-state index is 0.0359. The number of aliphatic hydroxyl groups is 1. The molecule has 1 saturated heterocycles. The van der Waals surface area contributed by atoms with E-state index < -0.39 is 6.10 Å². The number of hydrogen-bond donors (Lipinski definition) is 2. The first-order chi connectivity index (χ1) is 12.7. The molecule has 0 spiro atoms. The van der Waals surface area contributed by atoms with Crippen molar-refractivity contribution in [3.8, 4) is 11.5 Å². The Morgan fingerprint density at radius 1 is 1.31 bits per heavy atom. The molecule has 2 aliphatic heterocycles. The zero-order chi connectivity index (χ0) is 17.7. The van der Waals surface area contributed by atoms with Crippen LogP contribution in [-0.4, -0.2) is 56.5 Å². The third-order valence-electron chi connectivity index (χ3n) is 5.15. The van der Waals surface area contributed by atoms with Crippen LogP contribution in [0, 0.1) is 0 Å². The number of likely N-dealkylation sites (tertiary alicyclic amines) is 1. The van der Waals surface area contributed by atoms with Crippen LogP contribution < -0.4 is 9.47 Å². The fourth-order valence-electron chi connectivity index (χ4n) is 3.78. The van der Waals surface area contributed by atoms with Crippen LogP contribution >= 0.6 is 0 Å². The molecule has 3 aromatic rings. The number of ether oxygens (including phenoxy) is 2. The van der Waals surface area contributed by atoms with E-state index in [0.717, 1.165) is 11.3 Å². The SMILES string of the molecule is O=C(c1c[nH]n2ccnc12)N1CC[C@@H](c2ccc3c(c2)OCO3)[C@H](O)C1. The molecular formula is C18H18N4O4. The average molecular weight is 354 g/mol. The quantitative estimate of drug-likeness (QED) is 0.725. The number of aliphatic hydroxyl groups excluding tert-OH is 1. The Kier molecular flexibility index (Phi) is 3.39. The Morgan fingerprint density at radius 3 is 3.08 bits per heavy atom. The van der Waals surface area contributed by atoms with Gasteiger partial charge in [-0.05, 0) is 24.1 Å². The van der Waals surface area contributed by atoms with E-state index in [9.17, 15) is 9.90 Å². The number of imidazole rings is 1. The smallest absolute Gasteiger partial charge is 0.259 e. The van der Waals surface area contributed by atoms with Crippen molar-refractivity contribution in [3.05, 3.63) is 47.9 Å². The lowest BCUT2D eigenvalue weighted by molar-refractivity contribution is 0.0383. The maximum Gasteiger partial charge on any atom is 0.259 e. The molecule has 4 heterocycles. The normalized spacial score (nSPS) is 22.1. The maximum absolute atomic E-state index is 12.8. The van der Waals surface area contributed by atoms with Gasteiger partial charge in [-0.25, -0.2) is 9.50 Å². The molecule has 8 heteroatoms. The van der Waals surface area contributed by atoms with Gasteiger partial charge in [0.25, 0.3) is 5.91 Å². The molecule has 0 unspecified atom stereocenters. The lowest BCUT2D eigenvalue weighted by Gasteiger charge is -2.36. The van der Waals surface area contributed by atoms with E-state index in [1.165, 1.54) is 0 Å². The molecule has 1 fully saturated rings. The van der Waals surface area contributed by atoms with Crippen molar-refractivity contribution in [1.29, 1.82) is 0 Å². The monoisotopic (exact) mass is 354 g/mol. The van der Waals surface area contributed by atoms with Gasteiger partial charge in [0.05, 0.1) is 6.10 Å². The Balaban J connectivity index is 1.34. The van der Waals surface area contributed by atoms with Gasteiger partial charge in [-0.3, -0.25) is 9.89 Å². The topological polar surface area (TPSA) is 92.1 Å². The van der Waals surface area contributed by atoms with Crippen molar-refractivity contribution in [3.63, 3.8) is 0 Å². The number of fused-ring (bicyclic) bond motifs is 2. The largest absolute Gasteiger partial charge is 0.454 e.